The van der Waals surface area contributed by atoms with Crippen molar-refractivity contribution < 1.29 is 27.8 Å². The molecule has 0 saturated heterocycles. The summed E-state index contributed by atoms with van der Waals surface area (Å²) in [6.07, 6.45) is 8.82. The largest absolute Gasteiger partial charge is 0.490 e. The fourth-order valence-electron chi connectivity index (χ4n) is 6.47. The molecule has 2 N–H and O–H groups in total. The maximum absolute atomic E-state index is 14.4. The monoisotopic (exact) mass is 677 g/mol. The molecule has 0 aromatic heterocycles. The van der Waals surface area contributed by atoms with Crippen LogP contribution in [-0.2, 0) is 14.8 Å². The Balaban J connectivity index is 1.62. The molecule has 11 heteroatoms. The molecule has 1 aliphatic heterocycles. The van der Waals surface area contributed by atoms with Crippen molar-refractivity contribution in [2.75, 3.05) is 44.6 Å². The average Bonchev–Trinajstić information content (AvgIpc) is 3.03. The number of benzene rings is 2. The van der Waals surface area contributed by atoms with Crippen LogP contribution in [0.3, 0.4) is 0 Å². The Bertz CT molecular complexity index is 1370. The SMILES string of the molecule is C[C@H]1CCCCO[C@@H](CN(C)CC2CCCCC2)[C@@H](C)CN([C@@H](C)CO)C(=O)c2cc(NS(=O)(=O)c3ccc(Cl)cc3)ccc2O1. The van der Waals surface area contributed by atoms with Crippen LogP contribution in [0.25, 0.3) is 0 Å². The first-order valence-corrected chi connectivity index (χ1v) is 18.6. The zero-order valence-corrected chi connectivity index (χ0v) is 29.4. The number of aliphatic hydroxyl groups excluding tert-OH is 1. The van der Waals surface area contributed by atoms with Crippen LogP contribution in [0.1, 0.15) is 82.5 Å². The van der Waals surface area contributed by atoms with Gasteiger partial charge in [0.2, 0.25) is 0 Å². The predicted molar refractivity (Wildman–Crippen MR) is 183 cm³/mol. The Morgan fingerprint density at radius 2 is 1.72 bits per heavy atom. The lowest BCUT2D eigenvalue weighted by molar-refractivity contribution is -0.0190. The summed E-state index contributed by atoms with van der Waals surface area (Å²) in [5.41, 5.74) is 0.467. The maximum atomic E-state index is 14.4. The molecule has 256 valence electrons. The quantitative estimate of drug-likeness (QED) is 0.314. The smallest absolute Gasteiger partial charge is 0.261 e. The summed E-state index contributed by atoms with van der Waals surface area (Å²) in [6.45, 7) is 8.46. The molecule has 46 heavy (non-hydrogen) atoms. The van der Waals surface area contributed by atoms with Crippen LogP contribution < -0.4 is 9.46 Å². The standard InChI is InChI=1S/C35H52ClN3O6S/c1-25-21-39(26(2)24-40)35(41)32-20-30(37-46(42,43)31-16-13-29(36)14-17-31)15-18-33(32)45-27(3)10-8-9-19-44-34(25)23-38(4)22-28-11-6-5-7-12-28/h13-18,20,25-28,34,37,40H,5-12,19,21-24H2,1-4H3/t25-,26-,27-,34-/m0/s1. The molecule has 2 aromatic rings. The van der Waals surface area contributed by atoms with Crippen LogP contribution >= 0.6 is 11.6 Å². The molecule has 0 spiro atoms. The molecular formula is C35H52ClN3O6S. The van der Waals surface area contributed by atoms with Gasteiger partial charge >= 0.3 is 0 Å². The van der Waals surface area contributed by atoms with Crippen molar-refractivity contribution in [3.05, 3.63) is 53.1 Å². The van der Waals surface area contributed by atoms with Crippen molar-refractivity contribution in [2.45, 2.75) is 95.3 Å². The van der Waals surface area contributed by atoms with Crippen LogP contribution in [0.15, 0.2) is 47.4 Å². The van der Waals surface area contributed by atoms with Gasteiger partial charge in [-0.2, -0.15) is 0 Å². The van der Waals surface area contributed by atoms with Crippen molar-refractivity contribution >= 4 is 33.2 Å². The number of anilines is 1. The number of amides is 1. The van der Waals surface area contributed by atoms with E-state index < -0.39 is 16.1 Å². The third-order valence-corrected chi connectivity index (χ3v) is 10.9. The molecule has 9 nitrogen and oxygen atoms in total. The van der Waals surface area contributed by atoms with Gasteiger partial charge in [0.05, 0.1) is 35.3 Å². The number of hydrogen-bond donors (Lipinski definition) is 2. The van der Waals surface area contributed by atoms with E-state index in [-0.39, 0.29) is 46.8 Å². The Kier molecular flexibility index (Phi) is 13.6. The highest BCUT2D eigenvalue weighted by Gasteiger charge is 2.31. The molecule has 2 aromatic carbocycles. The number of hydrogen-bond acceptors (Lipinski definition) is 7. The molecule has 0 unspecified atom stereocenters. The third-order valence-electron chi connectivity index (χ3n) is 9.21. The Labute approximate surface area is 280 Å². The number of carbonyl (C=O) groups excluding carboxylic acids is 1. The zero-order chi connectivity index (χ0) is 33.3. The number of aliphatic hydroxyl groups is 1. The van der Waals surface area contributed by atoms with E-state index in [0.717, 1.165) is 32.4 Å². The van der Waals surface area contributed by atoms with Gasteiger partial charge in [-0.25, -0.2) is 8.42 Å². The van der Waals surface area contributed by atoms with E-state index in [2.05, 4.69) is 23.6 Å². The zero-order valence-electron chi connectivity index (χ0n) is 27.8. The Hall–Kier alpha value is -2.37. The number of sulfonamides is 1. The highest BCUT2D eigenvalue weighted by Crippen LogP contribution is 2.30. The molecule has 1 aliphatic carbocycles. The summed E-state index contributed by atoms with van der Waals surface area (Å²) >= 11 is 5.96. The highest BCUT2D eigenvalue weighted by atomic mass is 35.5. The Morgan fingerprint density at radius 3 is 2.41 bits per heavy atom. The van der Waals surface area contributed by atoms with E-state index in [0.29, 0.717) is 29.8 Å². The van der Waals surface area contributed by atoms with Crippen molar-refractivity contribution in [2.24, 2.45) is 11.8 Å². The van der Waals surface area contributed by atoms with Crippen LogP contribution in [0.4, 0.5) is 5.69 Å². The van der Waals surface area contributed by atoms with Crippen molar-refractivity contribution in [1.29, 1.82) is 0 Å². The molecule has 4 atom stereocenters. The van der Waals surface area contributed by atoms with Gasteiger partial charge in [0.25, 0.3) is 15.9 Å². The first-order valence-electron chi connectivity index (χ1n) is 16.8. The molecule has 4 rings (SSSR count). The minimum absolute atomic E-state index is 0.0235. The van der Waals surface area contributed by atoms with E-state index in [1.54, 1.807) is 17.0 Å². The van der Waals surface area contributed by atoms with E-state index in [9.17, 15) is 18.3 Å². The second-order valence-electron chi connectivity index (χ2n) is 13.3. The number of nitrogens with zero attached hydrogens (tertiary/aromatic N) is 2. The van der Waals surface area contributed by atoms with Gasteiger partial charge in [0, 0.05) is 42.9 Å². The fraction of sp³-hybridized carbons (Fsp3) is 0.629. The van der Waals surface area contributed by atoms with Gasteiger partial charge in [-0.15, -0.1) is 0 Å². The molecule has 1 fully saturated rings. The van der Waals surface area contributed by atoms with Crippen molar-refractivity contribution in [1.82, 2.24) is 9.80 Å². The first kappa shape index (κ1) is 36.5. The topological polar surface area (TPSA) is 108 Å². The summed E-state index contributed by atoms with van der Waals surface area (Å²) < 4.78 is 41.7. The maximum Gasteiger partial charge on any atom is 0.261 e. The molecule has 1 amide bonds. The lowest BCUT2D eigenvalue weighted by Gasteiger charge is -2.36. The predicted octanol–water partition coefficient (Wildman–Crippen LogP) is 6.45. The number of halogens is 1. The van der Waals surface area contributed by atoms with Crippen LogP contribution in [-0.4, -0.2) is 87.4 Å². The number of ether oxygens (including phenoxy) is 2. The first-order chi connectivity index (χ1) is 22.0. The lowest BCUT2D eigenvalue weighted by atomic mass is 9.89. The van der Waals surface area contributed by atoms with Crippen LogP contribution in [0.5, 0.6) is 5.75 Å². The van der Waals surface area contributed by atoms with E-state index >= 15 is 0 Å². The fourth-order valence-corrected chi connectivity index (χ4v) is 7.64. The van der Waals surface area contributed by atoms with Gasteiger partial charge < -0.3 is 24.4 Å². The summed E-state index contributed by atoms with van der Waals surface area (Å²) in [6, 6.07) is 10.2. The van der Waals surface area contributed by atoms with Gasteiger partial charge in [-0.3, -0.25) is 9.52 Å². The van der Waals surface area contributed by atoms with Crippen molar-refractivity contribution in [3.8, 4) is 5.75 Å². The average molecular weight is 678 g/mol. The number of likely N-dealkylation sites (N-methyl/N-ethyl adjacent to an activating group) is 1. The van der Waals surface area contributed by atoms with Gasteiger partial charge in [-0.1, -0.05) is 37.8 Å². The second-order valence-corrected chi connectivity index (χ2v) is 15.4. The minimum atomic E-state index is -3.94. The van der Waals surface area contributed by atoms with Crippen molar-refractivity contribution in [3.63, 3.8) is 0 Å². The summed E-state index contributed by atoms with van der Waals surface area (Å²) in [5.74, 6) is 0.732. The molecule has 0 radical (unpaired) electrons. The molecule has 1 saturated carbocycles. The van der Waals surface area contributed by atoms with Gasteiger partial charge in [0.1, 0.15) is 5.75 Å². The van der Waals surface area contributed by atoms with Crippen LogP contribution in [0, 0.1) is 11.8 Å². The van der Waals surface area contributed by atoms with E-state index in [1.165, 1.54) is 62.4 Å². The summed E-state index contributed by atoms with van der Waals surface area (Å²) in [4.78, 5) is 18.5. The van der Waals surface area contributed by atoms with Gasteiger partial charge in [-0.05, 0) is 101 Å². The number of rotatable bonds is 9. The molecular weight excluding hydrogens is 626 g/mol. The number of fused-ring (bicyclic) bond motifs is 1. The number of carbonyl (C=O) groups is 1. The third kappa shape index (κ3) is 10.3. The summed E-state index contributed by atoms with van der Waals surface area (Å²) in [5, 5.41) is 10.7. The Morgan fingerprint density at radius 1 is 1.02 bits per heavy atom. The van der Waals surface area contributed by atoms with Gasteiger partial charge in [0.15, 0.2) is 0 Å². The summed E-state index contributed by atoms with van der Waals surface area (Å²) in [7, 11) is -1.78. The van der Waals surface area contributed by atoms with Crippen LogP contribution in [0.2, 0.25) is 5.02 Å². The highest BCUT2D eigenvalue weighted by molar-refractivity contribution is 7.92. The molecule has 2 aliphatic rings. The molecule has 0 bridgehead atoms. The number of nitrogens with one attached hydrogen (secondary N) is 1. The normalized spacial score (nSPS) is 23.3. The van der Waals surface area contributed by atoms with E-state index in [4.69, 9.17) is 21.1 Å². The second kappa shape index (κ2) is 17.2. The lowest BCUT2D eigenvalue weighted by Crippen LogP contribution is -2.47. The molecule has 1 heterocycles. The minimum Gasteiger partial charge on any atom is -0.490 e. The van der Waals surface area contributed by atoms with E-state index in [1.807, 2.05) is 13.8 Å².